The number of methoxy groups -OCH3 is 1. The number of hydrogen-bond donors (Lipinski definition) is 19. The molecule has 34 heteroatoms. The summed E-state index contributed by atoms with van der Waals surface area (Å²) in [4.78, 5) is 161. The van der Waals surface area contributed by atoms with E-state index in [0.29, 0.717) is 5.56 Å². The van der Waals surface area contributed by atoms with Crippen LogP contribution in [-0.2, 0) is 70.3 Å². The van der Waals surface area contributed by atoms with Crippen molar-refractivity contribution in [1.29, 1.82) is 0 Å². The van der Waals surface area contributed by atoms with Crippen LogP contribution in [0.1, 0.15) is 114 Å². The van der Waals surface area contributed by atoms with Crippen LogP contribution in [0.4, 0.5) is 0 Å². The van der Waals surface area contributed by atoms with E-state index in [2.05, 4.69) is 42.5 Å². The van der Waals surface area contributed by atoms with E-state index in [1.165, 1.54) is 56.5 Å². The first-order chi connectivity index (χ1) is 44.8. The van der Waals surface area contributed by atoms with Crippen molar-refractivity contribution < 1.29 is 123 Å². The number of ether oxygens (including phenoxy) is 3. The zero-order valence-electron chi connectivity index (χ0n) is 52.2. The van der Waals surface area contributed by atoms with E-state index in [-0.39, 0.29) is 52.5 Å². The van der Waals surface area contributed by atoms with E-state index >= 15 is 0 Å². The van der Waals surface area contributed by atoms with Gasteiger partial charge in [0.05, 0.1) is 68.5 Å². The van der Waals surface area contributed by atoms with E-state index in [9.17, 15) is 109 Å². The minimum Gasteiger partial charge on any atom is -0.508 e. The number of phenols is 3. The Morgan fingerprint density at radius 2 is 1.17 bits per heavy atom. The Kier molecular flexibility index (Phi) is 25.8. The molecule has 1 aliphatic heterocycles. The van der Waals surface area contributed by atoms with Crippen molar-refractivity contribution in [1.82, 2.24) is 42.5 Å². The summed E-state index contributed by atoms with van der Waals surface area (Å²) in [7, 11) is 1.24. The molecule has 20 N–H and O–H groups in total. The van der Waals surface area contributed by atoms with Crippen LogP contribution < -0.4 is 53.0 Å². The zero-order chi connectivity index (χ0) is 70.5. The average Bonchev–Trinajstić information content (AvgIpc) is 0.712. The van der Waals surface area contributed by atoms with Crippen molar-refractivity contribution in [2.75, 3.05) is 40.1 Å². The number of carbonyl (C=O) groups excluding carboxylic acids is 12. The topological polar surface area (TPSA) is 557 Å². The molecule has 0 bridgehead atoms. The number of nitrogens with one attached hydrogen (secondary N) is 8. The van der Waals surface area contributed by atoms with E-state index < -0.39 is 237 Å². The number of rotatable bonds is 31. The van der Waals surface area contributed by atoms with Crippen molar-refractivity contribution in [3.05, 3.63) is 81.4 Å². The number of hydrogen-bond acceptors (Lipinski definition) is 25. The average molecular weight is 1340 g/mol. The smallest absolute Gasteiger partial charge is 0.245 e. The highest BCUT2D eigenvalue weighted by Gasteiger charge is 2.51. The van der Waals surface area contributed by atoms with Gasteiger partial charge in [-0.25, -0.2) is 0 Å². The molecule has 1 saturated heterocycles. The quantitative estimate of drug-likeness (QED) is 0.0209. The van der Waals surface area contributed by atoms with E-state index in [1.54, 1.807) is 13.8 Å². The number of carbonyl (C=O) groups is 12. The molecular formula is C61H79N9O25. The lowest BCUT2D eigenvalue weighted by atomic mass is 9.72. The lowest BCUT2D eigenvalue weighted by molar-refractivity contribution is -0.249. The van der Waals surface area contributed by atoms with Gasteiger partial charge in [0.2, 0.25) is 58.9 Å². The van der Waals surface area contributed by atoms with E-state index in [1.807, 2.05) is 0 Å². The van der Waals surface area contributed by atoms with Crippen LogP contribution in [0.3, 0.4) is 0 Å². The number of primary amides is 1. The molecule has 13 atom stereocenters. The maximum Gasteiger partial charge on any atom is 0.245 e. The minimum absolute atomic E-state index is 0.0348. The fourth-order valence-corrected chi connectivity index (χ4v) is 11.1. The van der Waals surface area contributed by atoms with Crippen LogP contribution in [0.15, 0.2) is 42.5 Å². The number of aliphatic hydroxyl groups excluding tert-OH is 6. The monoisotopic (exact) mass is 1340 g/mol. The Hall–Kier alpha value is -9.26. The molecule has 34 nitrogen and oxygen atoms in total. The minimum atomic E-state index is -2.52. The summed E-state index contributed by atoms with van der Waals surface area (Å²) in [6, 6.07) is -4.15. The Balaban J connectivity index is 1.14. The number of fused-ring (bicyclic) bond motifs is 3. The Morgan fingerprint density at radius 1 is 0.663 bits per heavy atom. The van der Waals surface area contributed by atoms with Gasteiger partial charge in [0.15, 0.2) is 17.9 Å². The Labute approximate surface area is 541 Å². The molecule has 0 spiro atoms. The first kappa shape index (κ1) is 74.8. The van der Waals surface area contributed by atoms with E-state index in [4.69, 9.17) is 19.9 Å². The highest BCUT2D eigenvalue weighted by molar-refractivity contribution is 6.31. The Bertz CT molecular complexity index is 3420. The van der Waals surface area contributed by atoms with Gasteiger partial charge in [0, 0.05) is 55.7 Å². The molecule has 6 rings (SSSR count). The summed E-state index contributed by atoms with van der Waals surface area (Å²) in [6.45, 7) is 0.0916. The van der Waals surface area contributed by atoms with Crippen LogP contribution in [0.5, 0.6) is 23.0 Å². The van der Waals surface area contributed by atoms with Gasteiger partial charge in [-0.3, -0.25) is 57.5 Å². The third-order valence-electron chi connectivity index (χ3n) is 16.1. The largest absolute Gasteiger partial charge is 0.508 e. The summed E-state index contributed by atoms with van der Waals surface area (Å²) in [5.74, 6) is -15.2. The molecule has 3 aromatic rings. The number of Topliss-reactive ketones (excluding diaryl/α,β-unsaturated/α-hetero) is 1. The number of phenolic OH excluding ortho intramolecular Hbond substituents is 3. The molecule has 1 fully saturated rings. The highest BCUT2D eigenvalue weighted by atomic mass is 16.7. The van der Waals surface area contributed by atoms with Gasteiger partial charge in [-0.15, -0.1) is 0 Å². The summed E-state index contributed by atoms with van der Waals surface area (Å²) in [5.41, 5.74) is 0.719. The second-order valence-electron chi connectivity index (χ2n) is 23.5. The van der Waals surface area contributed by atoms with Crippen LogP contribution >= 0.6 is 0 Å². The Morgan fingerprint density at radius 3 is 1.68 bits per heavy atom. The number of aromatic hydroxyl groups is 3. The first-order valence-electron chi connectivity index (χ1n) is 30.0. The molecule has 518 valence electrons. The fraction of sp³-hybridized carbons (Fsp3) is 0.508. The molecule has 0 aromatic heterocycles. The van der Waals surface area contributed by atoms with Crippen molar-refractivity contribution in [3.63, 3.8) is 0 Å². The van der Waals surface area contributed by atoms with Gasteiger partial charge in [0.25, 0.3) is 0 Å². The molecule has 3 aromatic carbocycles. The van der Waals surface area contributed by atoms with Gasteiger partial charge in [-0.2, -0.15) is 0 Å². The number of nitrogens with two attached hydrogens (primary N) is 1. The maximum atomic E-state index is 14.2. The van der Waals surface area contributed by atoms with Gasteiger partial charge in [-0.05, 0) is 49.4 Å². The number of ketones is 3. The van der Waals surface area contributed by atoms with Crippen molar-refractivity contribution >= 4 is 70.5 Å². The van der Waals surface area contributed by atoms with Gasteiger partial charge in [-0.1, -0.05) is 38.1 Å². The first-order valence-corrected chi connectivity index (χ1v) is 30.0. The van der Waals surface area contributed by atoms with Crippen LogP contribution in [0.25, 0.3) is 0 Å². The summed E-state index contributed by atoms with van der Waals surface area (Å²) >= 11 is 0. The summed E-state index contributed by atoms with van der Waals surface area (Å²) in [6.07, 6.45) is -9.42. The normalized spacial score (nSPS) is 21.0. The van der Waals surface area contributed by atoms with Gasteiger partial charge in [0.1, 0.15) is 83.6 Å². The summed E-state index contributed by atoms with van der Waals surface area (Å²) < 4.78 is 17.6. The molecule has 0 unspecified atom stereocenters. The number of benzene rings is 3. The van der Waals surface area contributed by atoms with Crippen molar-refractivity contribution in [3.8, 4) is 23.0 Å². The molecule has 3 aliphatic rings. The third kappa shape index (κ3) is 18.0. The van der Waals surface area contributed by atoms with Crippen LogP contribution in [0.2, 0.25) is 0 Å². The fourth-order valence-electron chi connectivity index (χ4n) is 11.1. The molecular weight excluding hydrogens is 1260 g/mol. The molecule has 0 saturated carbocycles. The predicted molar refractivity (Wildman–Crippen MR) is 323 cm³/mol. The summed E-state index contributed by atoms with van der Waals surface area (Å²) in [5, 5.41) is 126. The molecule has 2 aliphatic carbocycles. The van der Waals surface area contributed by atoms with Gasteiger partial charge < -0.3 is 114 Å². The van der Waals surface area contributed by atoms with Crippen molar-refractivity contribution in [2.24, 2.45) is 11.7 Å². The maximum absolute atomic E-state index is 14.2. The second kappa shape index (κ2) is 32.7. The molecule has 9 amide bonds. The predicted octanol–water partition coefficient (Wildman–Crippen LogP) is -6.20. The molecule has 0 radical (unpaired) electrons. The van der Waals surface area contributed by atoms with Gasteiger partial charge >= 0.3 is 0 Å². The number of aliphatic hydroxyl groups is 7. The van der Waals surface area contributed by atoms with Crippen molar-refractivity contribution in [2.45, 2.75) is 151 Å². The third-order valence-corrected chi connectivity index (χ3v) is 16.1. The van der Waals surface area contributed by atoms with Crippen LogP contribution in [0, 0.1) is 5.92 Å². The second-order valence-corrected chi connectivity index (χ2v) is 23.5. The molecule has 1 heterocycles. The van der Waals surface area contributed by atoms with Crippen LogP contribution in [-0.4, -0.2) is 234 Å². The lowest BCUT2D eigenvalue weighted by Gasteiger charge is -2.43. The zero-order valence-corrected chi connectivity index (χ0v) is 52.2. The SMILES string of the molecule is COc1cccc2c1C(=O)c1c(O)c3c(c(O)c1C2=O)C[C@@](O)(C(=O)CO)C[C@@H]3O[C@@H]1C[C@H](NC(=O)[C@H](CC(C)C)NC(=O)[C@H](CO)NC(=O)[C@H](CO)NC(=O)[C@H](CO)NC(=O)[C@H](CCC(N)=O)NC(=O)[C@H](Cc2ccc(O)cc2)NC(=O)[C@H](CO)NC(C)=O)[C@H](O)[C@H](C)O1. The standard InChI is InChI=1S/C61H79N9O25/c1-25(2)15-34(55(86)65-33-17-44(94-26(3)49(33)80)95-41-19-61(92,42(78)24-75)18-31-46(41)53(84)48-47(51(31)82)50(81)30-7-6-8-40(93-5)45(30)52(48)83)66-58(89)37(21-72)69-60(91)39(23-74)70-59(90)38(22-73)68-54(85)32(13-14-43(62)79)64-56(87)35(16-28-9-11-29(77)12-10-28)67-57(88)36(20-71)63-27(4)76/h6-12,25-26,32-39,41,44,49,71-75,77,80,82,84,92H,13-24H2,1-5H3,(H2,62,79)(H,63,76)(H,64,87)(H,65,86)(H,66,89)(H,67,88)(H,68,85)(H,69,91)(H,70,90)/t26-,32-,33-,34-,35-,36-,37-,38-,39-,41-,44+,49+,61-/m0/s1. The highest BCUT2D eigenvalue weighted by Crippen LogP contribution is 2.52. The lowest BCUT2D eigenvalue weighted by Crippen LogP contribution is -2.62. The number of amides is 9. The van der Waals surface area contributed by atoms with E-state index in [0.717, 1.165) is 6.92 Å². The molecule has 95 heavy (non-hydrogen) atoms.